The summed E-state index contributed by atoms with van der Waals surface area (Å²) in [4.78, 5) is 25.9. The van der Waals surface area contributed by atoms with E-state index in [9.17, 15) is 14.7 Å². The summed E-state index contributed by atoms with van der Waals surface area (Å²) in [6.45, 7) is 3.70. The summed E-state index contributed by atoms with van der Waals surface area (Å²) in [5.74, 6) is -0.459. The molecule has 6 heteroatoms. The number of rotatable bonds is 5. The fourth-order valence-corrected chi connectivity index (χ4v) is 5.38. The van der Waals surface area contributed by atoms with E-state index in [1.807, 2.05) is 30.3 Å². The average molecular weight is 425 g/mol. The van der Waals surface area contributed by atoms with Crippen molar-refractivity contribution in [2.75, 3.05) is 19.7 Å². The highest BCUT2D eigenvalue weighted by molar-refractivity contribution is 5.96. The third-order valence-electron chi connectivity index (χ3n) is 7.11. The lowest BCUT2D eigenvalue weighted by Gasteiger charge is -2.53. The topological polar surface area (TPSA) is 80.6 Å². The minimum atomic E-state index is -0.983. The van der Waals surface area contributed by atoms with Crippen molar-refractivity contribution < 1.29 is 14.6 Å². The molecule has 1 spiro atoms. The molecule has 1 unspecified atom stereocenters. The molecule has 2 heterocycles. The second-order valence-electron chi connectivity index (χ2n) is 8.95. The van der Waals surface area contributed by atoms with Gasteiger partial charge in [-0.1, -0.05) is 49.6 Å². The van der Waals surface area contributed by atoms with Crippen molar-refractivity contribution >= 4 is 5.97 Å². The summed E-state index contributed by atoms with van der Waals surface area (Å²) in [7, 11) is 0. The van der Waals surface area contributed by atoms with Crippen molar-refractivity contribution in [3.05, 3.63) is 58.5 Å². The molecule has 2 aromatic rings. The van der Waals surface area contributed by atoms with E-state index in [4.69, 9.17) is 4.74 Å². The summed E-state index contributed by atoms with van der Waals surface area (Å²) in [6.07, 6.45) is 7.47. The highest BCUT2D eigenvalue weighted by Gasteiger charge is 2.52. The van der Waals surface area contributed by atoms with Gasteiger partial charge < -0.3 is 19.7 Å². The van der Waals surface area contributed by atoms with E-state index < -0.39 is 11.6 Å². The lowest BCUT2D eigenvalue weighted by Crippen LogP contribution is -2.62. The van der Waals surface area contributed by atoms with Crippen molar-refractivity contribution in [3.8, 4) is 11.1 Å². The van der Waals surface area contributed by atoms with Gasteiger partial charge >= 0.3 is 5.97 Å². The maximum Gasteiger partial charge on any atom is 0.340 e. The normalized spacial score (nSPS) is 22.9. The second-order valence-corrected chi connectivity index (χ2v) is 8.95. The van der Waals surface area contributed by atoms with E-state index in [0.29, 0.717) is 17.5 Å². The van der Waals surface area contributed by atoms with Gasteiger partial charge in [-0.25, -0.2) is 4.79 Å². The molecule has 6 nitrogen and oxygen atoms in total. The van der Waals surface area contributed by atoms with Gasteiger partial charge in [0.1, 0.15) is 0 Å². The number of benzene rings is 1. The molecule has 2 aliphatic rings. The Kier molecular flexibility index (Phi) is 6.30. The molecular weight excluding hydrogens is 392 g/mol. The molecular formula is C25H32N2O4. The highest BCUT2D eigenvalue weighted by Crippen LogP contribution is 2.48. The molecule has 166 valence electrons. The Labute approximate surface area is 183 Å². The van der Waals surface area contributed by atoms with E-state index in [2.05, 4.69) is 5.32 Å². The Bertz CT molecular complexity index is 970. The van der Waals surface area contributed by atoms with E-state index in [1.165, 1.54) is 17.1 Å². The number of piperidine rings is 1. The minimum absolute atomic E-state index is 0.189. The van der Waals surface area contributed by atoms with E-state index in [1.54, 1.807) is 13.1 Å². The molecule has 31 heavy (non-hydrogen) atoms. The van der Waals surface area contributed by atoms with Crippen LogP contribution in [-0.4, -0.2) is 40.9 Å². The predicted molar refractivity (Wildman–Crippen MR) is 120 cm³/mol. The van der Waals surface area contributed by atoms with Crippen molar-refractivity contribution in [1.29, 1.82) is 0 Å². The van der Waals surface area contributed by atoms with Gasteiger partial charge in [-0.15, -0.1) is 0 Å². The highest BCUT2D eigenvalue weighted by atomic mass is 16.5. The second kappa shape index (κ2) is 8.97. The standard InChI is InChI=1S/C25H32N2O4/c1-2-31-23(29)21-16-27(22(28)15-20(21)19-9-5-3-6-10-19)18-25(30)13-14-26-17-24(25)11-7-4-8-12-24/h3,5-6,9-10,15-16,26,30H,2,4,7-8,11-14,17-18H2,1H3. The fraction of sp³-hybridized carbons (Fsp3) is 0.520. The first-order chi connectivity index (χ1) is 15.0. The van der Waals surface area contributed by atoms with Crippen molar-refractivity contribution in [3.63, 3.8) is 0 Å². The van der Waals surface area contributed by atoms with Gasteiger partial charge in [0.05, 0.1) is 24.3 Å². The number of hydrogen-bond acceptors (Lipinski definition) is 5. The van der Waals surface area contributed by atoms with Crippen molar-refractivity contribution in [2.24, 2.45) is 5.41 Å². The molecule has 1 saturated carbocycles. The molecule has 1 aromatic heterocycles. The molecule has 2 fully saturated rings. The number of aromatic nitrogens is 1. The summed E-state index contributed by atoms with van der Waals surface area (Å²) >= 11 is 0. The van der Waals surface area contributed by atoms with E-state index in [0.717, 1.165) is 44.3 Å². The summed E-state index contributed by atoms with van der Waals surface area (Å²) < 4.78 is 6.80. The fourth-order valence-electron chi connectivity index (χ4n) is 5.38. The van der Waals surface area contributed by atoms with Gasteiger partial charge in [-0.05, 0) is 38.3 Å². The maximum absolute atomic E-state index is 13.1. The number of hydrogen-bond donors (Lipinski definition) is 2. The van der Waals surface area contributed by atoms with Crippen LogP contribution in [0.2, 0.25) is 0 Å². The lowest BCUT2D eigenvalue weighted by atomic mass is 9.60. The average Bonchev–Trinajstić information content (AvgIpc) is 2.78. The Morgan fingerprint density at radius 1 is 1.16 bits per heavy atom. The van der Waals surface area contributed by atoms with Crippen LogP contribution >= 0.6 is 0 Å². The largest absolute Gasteiger partial charge is 0.462 e. The number of esters is 1. The Balaban J connectivity index is 1.75. The molecule has 4 rings (SSSR count). The monoisotopic (exact) mass is 424 g/mol. The van der Waals surface area contributed by atoms with Gasteiger partial charge in [0.2, 0.25) is 0 Å². The van der Waals surface area contributed by atoms with Crippen LogP contribution in [0.3, 0.4) is 0 Å². The molecule has 2 N–H and O–H groups in total. The number of nitrogens with one attached hydrogen (secondary N) is 1. The first-order valence-corrected chi connectivity index (χ1v) is 11.4. The predicted octanol–water partition coefficient (Wildman–Crippen LogP) is 3.37. The minimum Gasteiger partial charge on any atom is -0.462 e. The molecule has 1 aliphatic carbocycles. The van der Waals surface area contributed by atoms with Gasteiger partial charge in [-0.2, -0.15) is 0 Å². The number of ether oxygens (including phenoxy) is 1. The lowest BCUT2D eigenvalue weighted by molar-refractivity contribution is -0.133. The SMILES string of the molecule is CCOC(=O)c1cn(CC2(O)CCNCC23CCCCC3)c(=O)cc1-c1ccccc1. The van der Waals surface area contributed by atoms with Crippen LogP contribution in [0.5, 0.6) is 0 Å². The third kappa shape index (κ3) is 4.19. The Morgan fingerprint density at radius 3 is 2.61 bits per heavy atom. The van der Waals surface area contributed by atoms with Gasteiger partial charge in [-0.3, -0.25) is 4.79 Å². The van der Waals surface area contributed by atoms with Gasteiger partial charge in [0.25, 0.3) is 5.56 Å². The molecule has 0 radical (unpaired) electrons. The number of aliphatic hydroxyl groups is 1. The number of carbonyl (C=O) groups excluding carboxylic acids is 1. The smallest absolute Gasteiger partial charge is 0.340 e. The molecule has 1 aromatic carbocycles. The van der Waals surface area contributed by atoms with Crippen LogP contribution in [0.25, 0.3) is 11.1 Å². The van der Waals surface area contributed by atoms with Crippen LogP contribution in [-0.2, 0) is 11.3 Å². The summed E-state index contributed by atoms with van der Waals surface area (Å²) in [6, 6.07) is 10.9. The molecule has 0 bridgehead atoms. The van der Waals surface area contributed by atoms with Gasteiger partial charge in [0, 0.05) is 29.8 Å². The zero-order valence-corrected chi connectivity index (χ0v) is 18.2. The quantitative estimate of drug-likeness (QED) is 0.720. The summed E-state index contributed by atoms with van der Waals surface area (Å²) in [5.41, 5.74) is 0.269. The Hall–Kier alpha value is -2.44. The van der Waals surface area contributed by atoms with Gasteiger partial charge in [0.15, 0.2) is 0 Å². The third-order valence-corrected chi connectivity index (χ3v) is 7.11. The number of pyridine rings is 1. The Morgan fingerprint density at radius 2 is 1.90 bits per heavy atom. The van der Waals surface area contributed by atoms with Crippen molar-refractivity contribution in [1.82, 2.24) is 9.88 Å². The van der Waals surface area contributed by atoms with E-state index in [-0.39, 0.29) is 24.1 Å². The first-order valence-electron chi connectivity index (χ1n) is 11.4. The molecule has 0 amide bonds. The zero-order valence-electron chi connectivity index (χ0n) is 18.2. The van der Waals surface area contributed by atoms with Crippen LogP contribution in [0.1, 0.15) is 55.8 Å². The molecule has 1 atom stereocenters. The van der Waals surface area contributed by atoms with Crippen LogP contribution in [0.4, 0.5) is 0 Å². The van der Waals surface area contributed by atoms with Crippen LogP contribution < -0.4 is 10.9 Å². The van der Waals surface area contributed by atoms with E-state index >= 15 is 0 Å². The van der Waals surface area contributed by atoms with Crippen LogP contribution in [0.15, 0.2) is 47.4 Å². The molecule has 1 saturated heterocycles. The number of carbonyl (C=O) groups is 1. The first kappa shape index (κ1) is 21.8. The van der Waals surface area contributed by atoms with Crippen molar-refractivity contribution in [2.45, 2.75) is 57.6 Å². The number of nitrogens with zero attached hydrogens (tertiary/aromatic N) is 1. The zero-order chi connectivity index (χ0) is 21.9. The molecule has 1 aliphatic heterocycles. The van der Waals surface area contributed by atoms with Crippen LogP contribution in [0, 0.1) is 5.41 Å². The summed E-state index contributed by atoms with van der Waals surface area (Å²) in [5, 5.41) is 15.3. The maximum atomic E-state index is 13.1.